The summed E-state index contributed by atoms with van der Waals surface area (Å²) in [6.45, 7) is 0. The van der Waals surface area contributed by atoms with E-state index in [1.807, 2.05) is 0 Å². The molecule has 27 heavy (non-hydrogen) atoms. The van der Waals surface area contributed by atoms with Gasteiger partial charge in [0.05, 0.1) is 30.1 Å². The Bertz CT molecular complexity index is 1200. The van der Waals surface area contributed by atoms with Gasteiger partial charge >= 0.3 is 5.63 Å². The van der Waals surface area contributed by atoms with Gasteiger partial charge in [0.15, 0.2) is 11.2 Å². The van der Waals surface area contributed by atoms with Gasteiger partial charge in [-0.25, -0.2) is 4.79 Å². The highest BCUT2D eigenvalue weighted by Crippen LogP contribution is 2.42. The normalized spacial score (nSPS) is 11.5. The fourth-order valence-electron chi connectivity index (χ4n) is 2.85. The average molecular weight is 366 g/mol. The number of hydrogen-bond acceptors (Lipinski definition) is 8. The van der Waals surface area contributed by atoms with Gasteiger partial charge < -0.3 is 13.6 Å². The lowest BCUT2D eigenvalue weighted by Gasteiger charge is -2.08. The highest BCUT2D eigenvalue weighted by atomic mass is 16.8. The molecule has 0 fully saturated rings. The van der Waals surface area contributed by atoms with Gasteiger partial charge in [-0.15, -0.1) is 5.23 Å². The van der Waals surface area contributed by atoms with E-state index in [0.29, 0.717) is 27.8 Å². The maximum Gasteiger partial charge on any atom is 0.336 e. The van der Waals surface area contributed by atoms with Crippen molar-refractivity contribution < 1.29 is 24.0 Å². The van der Waals surface area contributed by atoms with Crippen LogP contribution in [0.2, 0.25) is 0 Å². The van der Waals surface area contributed by atoms with E-state index in [1.165, 1.54) is 31.6 Å². The third kappa shape index (κ3) is 2.92. The summed E-state index contributed by atoms with van der Waals surface area (Å²) in [5, 5.41) is 19.4. The van der Waals surface area contributed by atoms with Crippen molar-refractivity contribution in [2.75, 3.05) is 12.3 Å². The number of aliphatic imine (C=N–C) groups is 1. The van der Waals surface area contributed by atoms with Crippen LogP contribution in [0.5, 0.6) is 5.75 Å². The van der Waals surface area contributed by atoms with Crippen LogP contribution in [-0.2, 0) is 0 Å². The van der Waals surface area contributed by atoms with Crippen LogP contribution in [0.25, 0.3) is 21.9 Å². The summed E-state index contributed by atoms with van der Waals surface area (Å²) in [6.07, 6.45) is 3.12. The number of furan rings is 1. The highest BCUT2D eigenvalue weighted by molar-refractivity contribution is 6.12. The van der Waals surface area contributed by atoms with Crippen molar-refractivity contribution in [3.8, 4) is 5.75 Å². The molecule has 0 saturated heterocycles. The van der Waals surface area contributed by atoms with Gasteiger partial charge in [0.25, 0.3) is 0 Å². The Balaban J connectivity index is 1.89. The first-order valence-electron chi connectivity index (χ1n) is 7.91. The van der Waals surface area contributed by atoms with Crippen LogP contribution in [0.1, 0.15) is 5.56 Å². The monoisotopic (exact) mass is 366 g/mol. The molecule has 2 heterocycles. The second-order valence-corrected chi connectivity index (χ2v) is 5.68. The summed E-state index contributed by atoms with van der Waals surface area (Å²) >= 11 is 0. The molecule has 0 aliphatic rings. The van der Waals surface area contributed by atoms with Crippen LogP contribution >= 0.6 is 0 Å². The van der Waals surface area contributed by atoms with Crippen LogP contribution in [0.15, 0.2) is 67.3 Å². The molecule has 0 radical (unpaired) electrons. The SMILES string of the molecule is COc1c2occc2c(N=Cc2ccc(N(O)O)cc2)c2ccc(=O)oc12. The topological polar surface area (TPSA) is 109 Å². The lowest BCUT2D eigenvalue weighted by molar-refractivity contribution is 0.0291. The second-order valence-electron chi connectivity index (χ2n) is 5.68. The van der Waals surface area contributed by atoms with E-state index in [0.717, 1.165) is 5.56 Å². The van der Waals surface area contributed by atoms with E-state index < -0.39 is 5.63 Å². The summed E-state index contributed by atoms with van der Waals surface area (Å²) in [5.74, 6) is 0.331. The van der Waals surface area contributed by atoms with Gasteiger partial charge in [0.2, 0.25) is 5.75 Å². The molecular weight excluding hydrogens is 352 g/mol. The standard InChI is InChI=1S/C19H14N2O6/c1-25-19-17-14(8-9-26-17)16(13-6-7-15(22)27-18(13)19)20-10-11-2-4-12(5-3-11)21(23)24/h2-10,23-24H,1H3. The molecule has 0 bridgehead atoms. The predicted octanol–water partition coefficient (Wildman–Crippen LogP) is 3.88. The van der Waals surface area contributed by atoms with Crippen LogP contribution in [0.4, 0.5) is 11.4 Å². The van der Waals surface area contributed by atoms with Crippen LogP contribution in [0.3, 0.4) is 0 Å². The van der Waals surface area contributed by atoms with Gasteiger partial charge in [-0.3, -0.25) is 15.4 Å². The Morgan fingerprint density at radius 2 is 1.78 bits per heavy atom. The van der Waals surface area contributed by atoms with Crippen molar-refractivity contribution in [1.82, 2.24) is 0 Å². The summed E-state index contributed by atoms with van der Waals surface area (Å²) in [5.41, 5.74) is 1.70. The number of nitrogens with zero attached hydrogens (tertiary/aromatic N) is 2. The molecule has 0 aliphatic heterocycles. The Kier molecular flexibility index (Phi) is 4.11. The number of ether oxygens (including phenoxy) is 1. The van der Waals surface area contributed by atoms with Gasteiger partial charge in [-0.1, -0.05) is 12.1 Å². The number of benzene rings is 2. The first-order valence-corrected chi connectivity index (χ1v) is 7.91. The van der Waals surface area contributed by atoms with Crippen molar-refractivity contribution in [2.24, 2.45) is 4.99 Å². The fourth-order valence-corrected chi connectivity index (χ4v) is 2.85. The van der Waals surface area contributed by atoms with E-state index >= 15 is 0 Å². The van der Waals surface area contributed by atoms with Crippen molar-refractivity contribution in [2.45, 2.75) is 0 Å². The lowest BCUT2D eigenvalue weighted by Crippen LogP contribution is -2.10. The zero-order chi connectivity index (χ0) is 19.0. The van der Waals surface area contributed by atoms with E-state index in [4.69, 9.17) is 24.0 Å². The summed E-state index contributed by atoms with van der Waals surface area (Å²) in [6, 6.07) is 11.1. The minimum Gasteiger partial charge on any atom is -0.490 e. The van der Waals surface area contributed by atoms with E-state index in [9.17, 15) is 4.79 Å². The number of anilines is 1. The van der Waals surface area contributed by atoms with Crippen molar-refractivity contribution in [3.05, 3.63) is 64.7 Å². The van der Waals surface area contributed by atoms with E-state index in [1.54, 1.807) is 30.5 Å². The molecule has 0 saturated carbocycles. The minimum absolute atomic E-state index is 0.0366. The number of fused-ring (bicyclic) bond motifs is 2. The molecule has 136 valence electrons. The Morgan fingerprint density at radius 1 is 1.04 bits per heavy atom. The molecule has 0 unspecified atom stereocenters. The molecule has 2 aromatic heterocycles. The first-order chi connectivity index (χ1) is 13.1. The molecular formula is C19H14N2O6. The van der Waals surface area contributed by atoms with E-state index in [2.05, 4.69) is 4.99 Å². The molecule has 0 spiro atoms. The molecule has 4 rings (SSSR count). The quantitative estimate of drug-likeness (QED) is 0.320. The maximum absolute atomic E-state index is 11.7. The summed E-state index contributed by atoms with van der Waals surface area (Å²) in [4.78, 5) is 16.2. The van der Waals surface area contributed by atoms with Crippen LogP contribution in [0, 0.1) is 0 Å². The highest BCUT2D eigenvalue weighted by Gasteiger charge is 2.19. The minimum atomic E-state index is -0.505. The largest absolute Gasteiger partial charge is 0.490 e. The zero-order valence-electron chi connectivity index (χ0n) is 14.1. The Labute approximate surface area is 152 Å². The van der Waals surface area contributed by atoms with Crippen molar-refractivity contribution >= 4 is 39.5 Å². The second kappa shape index (κ2) is 6.60. The summed E-state index contributed by atoms with van der Waals surface area (Å²) in [7, 11) is 1.47. The van der Waals surface area contributed by atoms with Crippen LogP contribution in [-0.4, -0.2) is 23.7 Å². The molecule has 8 heteroatoms. The molecule has 0 amide bonds. The predicted molar refractivity (Wildman–Crippen MR) is 98.6 cm³/mol. The van der Waals surface area contributed by atoms with E-state index in [-0.39, 0.29) is 16.5 Å². The van der Waals surface area contributed by atoms with Gasteiger partial charge in [0, 0.05) is 17.7 Å². The number of methoxy groups -OCH3 is 1. The molecule has 4 aromatic rings. The van der Waals surface area contributed by atoms with Gasteiger partial charge in [0.1, 0.15) is 0 Å². The van der Waals surface area contributed by atoms with Crippen LogP contribution < -0.4 is 15.6 Å². The zero-order valence-corrected chi connectivity index (χ0v) is 14.1. The molecule has 0 aliphatic carbocycles. The Morgan fingerprint density at radius 3 is 2.48 bits per heavy atom. The smallest absolute Gasteiger partial charge is 0.336 e. The number of rotatable bonds is 4. The first kappa shape index (κ1) is 16.8. The number of hydrogen-bond donors (Lipinski definition) is 2. The van der Waals surface area contributed by atoms with Gasteiger partial charge in [-0.05, 0) is 29.8 Å². The molecule has 2 N–H and O–H groups in total. The Hall–Kier alpha value is -3.62. The molecule has 2 aromatic carbocycles. The van der Waals surface area contributed by atoms with Crippen molar-refractivity contribution in [1.29, 1.82) is 0 Å². The average Bonchev–Trinajstić information content (AvgIpc) is 3.14. The fraction of sp³-hybridized carbons (Fsp3) is 0.0526. The van der Waals surface area contributed by atoms with Gasteiger partial charge in [-0.2, -0.15) is 0 Å². The third-order valence-corrected chi connectivity index (χ3v) is 4.09. The maximum atomic E-state index is 11.7. The summed E-state index contributed by atoms with van der Waals surface area (Å²) < 4.78 is 16.2. The lowest BCUT2D eigenvalue weighted by atomic mass is 10.1. The third-order valence-electron chi connectivity index (χ3n) is 4.09. The van der Waals surface area contributed by atoms with Crippen molar-refractivity contribution in [3.63, 3.8) is 0 Å². The molecule has 8 nitrogen and oxygen atoms in total. The molecule has 0 atom stereocenters.